The second kappa shape index (κ2) is 6.53. The third kappa shape index (κ3) is 3.49. The smallest absolute Gasteiger partial charge is 0.348 e. The van der Waals surface area contributed by atoms with E-state index in [1.165, 1.54) is 11.3 Å². The van der Waals surface area contributed by atoms with Crippen molar-refractivity contribution in [1.29, 1.82) is 0 Å². The highest BCUT2D eigenvalue weighted by atomic mass is 32.1. The summed E-state index contributed by atoms with van der Waals surface area (Å²) in [5, 5.41) is 7.46. The van der Waals surface area contributed by atoms with E-state index in [2.05, 4.69) is 10.4 Å². The van der Waals surface area contributed by atoms with Gasteiger partial charge in [-0.05, 0) is 38.5 Å². The molecule has 0 saturated heterocycles. The molecule has 0 aliphatic carbocycles. The fourth-order valence-corrected chi connectivity index (χ4v) is 2.77. The molecule has 6 nitrogen and oxygen atoms in total. The van der Waals surface area contributed by atoms with E-state index < -0.39 is 6.04 Å². The molecule has 0 bridgehead atoms. The van der Waals surface area contributed by atoms with E-state index >= 15 is 0 Å². The van der Waals surface area contributed by atoms with Crippen molar-refractivity contribution in [2.75, 3.05) is 11.9 Å². The highest BCUT2D eigenvalue weighted by molar-refractivity contribution is 7.18. The molecule has 2 heterocycles. The number of rotatable bonds is 5. The molecule has 0 aliphatic rings. The predicted octanol–water partition coefficient (Wildman–Crippen LogP) is 2.63. The predicted molar refractivity (Wildman–Crippen MR) is 80.6 cm³/mol. The van der Waals surface area contributed by atoms with Crippen LogP contribution in [0, 0.1) is 6.92 Å². The van der Waals surface area contributed by atoms with E-state index in [-0.39, 0.29) is 11.9 Å². The molecule has 0 radical (unpaired) electrons. The van der Waals surface area contributed by atoms with Gasteiger partial charge in [0.25, 0.3) is 0 Å². The summed E-state index contributed by atoms with van der Waals surface area (Å²) in [7, 11) is 0. The summed E-state index contributed by atoms with van der Waals surface area (Å²) in [5.41, 5.74) is 0.792. The molecule has 0 fully saturated rings. The summed E-state index contributed by atoms with van der Waals surface area (Å²) in [6.45, 7) is 5.66. The number of aryl methyl sites for hydroxylation is 1. The van der Waals surface area contributed by atoms with E-state index in [9.17, 15) is 9.59 Å². The van der Waals surface area contributed by atoms with E-state index in [0.29, 0.717) is 16.5 Å². The van der Waals surface area contributed by atoms with Gasteiger partial charge in [0.05, 0.1) is 11.6 Å². The van der Waals surface area contributed by atoms with Crippen LogP contribution in [0.15, 0.2) is 24.5 Å². The van der Waals surface area contributed by atoms with E-state index in [0.717, 1.165) is 5.56 Å². The van der Waals surface area contributed by atoms with Crippen LogP contribution in [0.25, 0.3) is 0 Å². The Balaban J connectivity index is 2.08. The number of nitrogens with zero attached hydrogens (tertiary/aromatic N) is 2. The van der Waals surface area contributed by atoms with Crippen molar-refractivity contribution in [3.63, 3.8) is 0 Å². The lowest BCUT2D eigenvalue weighted by atomic mass is 10.3. The molecule has 1 unspecified atom stereocenters. The molecule has 0 spiro atoms. The monoisotopic (exact) mass is 307 g/mol. The summed E-state index contributed by atoms with van der Waals surface area (Å²) in [6, 6.07) is 3.11. The van der Waals surface area contributed by atoms with Crippen molar-refractivity contribution in [3.8, 4) is 0 Å². The molecular formula is C14H17N3O3S. The Bertz CT molecular complexity index is 634. The van der Waals surface area contributed by atoms with Crippen molar-refractivity contribution < 1.29 is 14.3 Å². The summed E-state index contributed by atoms with van der Waals surface area (Å²) < 4.78 is 6.55. The van der Waals surface area contributed by atoms with E-state index in [4.69, 9.17) is 4.74 Å². The largest absolute Gasteiger partial charge is 0.462 e. The molecule has 1 N–H and O–H groups in total. The van der Waals surface area contributed by atoms with Crippen LogP contribution in [0.4, 0.5) is 5.00 Å². The average Bonchev–Trinajstić information content (AvgIpc) is 3.07. The van der Waals surface area contributed by atoms with Gasteiger partial charge in [-0.15, -0.1) is 11.3 Å². The molecule has 0 aliphatic heterocycles. The van der Waals surface area contributed by atoms with Gasteiger partial charge in [-0.25, -0.2) is 4.79 Å². The topological polar surface area (TPSA) is 73.2 Å². The van der Waals surface area contributed by atoms with Crippen LogP contribution in [-0.4, -0.2) is 28.3 Å². The number of carbonyl (C=O) groups is 2. The summed E-state index contributed by atoms with van der Waals surface area (Å²) in [5.74, 6) is -0.545. The van der Waals surface area contributed by atoms with Gasteiger partial charge in [0.2, 0.25) is 5.91 Å². The van der Waals surface area contributed by atoms with Crippen molar-refractivity contribution in [3.05, 3.63) is 35.0 Å². The minimum Gasteiger partial charge on any atom is -0.462 e. The molecule has 1 atom stereocenters. The maximum Gasteiger partial charge on any atom is 0.348 e. The second-order valence-electron chi connectivity index (χ2n) is 4.49. The molecule has 7 heteroatoms. The van der Waals surface area contributed by atoms with E-state index in [1.54, 1.807) is 43.1 Å². The first kappa shape index (κ1) is 15.2. The highest BCUT2D eigenvalue weighted by Gasteiger charge is 2.19. The minimum atomic E-state index is -0.423. The SMILES string of the molecule is CCOC(=O)c1sc(NC(=O)C(C)n2cccn2)cc1C. The maximum atomic E-state index is 12.1. The number of hydrogen-bond donors (Lipinski definition) is 1. The van der Waals surface area contributed by atoms with Gasteiger partial charge in [-0.1, -0.05) is 0 Å². The molecule has 2 rings (SSSR count). The van der Waals surface area contributed by atoms with E-state index in [1.807, 2.05) is 6.92 Å². The Morgan fingerprint density at radius 2 is 2.29 bits per heavy atom. The first-order valence-electron chi connectivity index (χ1n) is 6.60. The number of amides is 1. The average molecular weight is 307 g/mol. The molecule has 1 amide bonds. The van der Waals surface area contributed by atoms with Gasteiger partial charge in [0, 0.05) is 12.4 Å². The lowest BCUT2D eigenvalue weighted by Gasteiger charge is -2.11. The maximum absolute atomic E-state index is 12.1. The van der Waals surface area contributed by atoms with Crippen LogP contribution in [0.1, 0.15) is 35.1 Å². The number of esters is 1. The third-order valence-corrected chi connectivity index (χ3v) is 4.06. The number of aromatic nitrogens is 2. The second-order valence-corrected chi connectivity index (χ2v) is 5.55. The van der Waals surface area contributed by atoms with Crippen LogP contribution in [0.2, 0.25) is 0 Å². The zero-order valence-electron chi connectivity index (χ0n) is 12.1. The Morgan fingerprint density at radius 1 is 1.52 bits per heavy atom. The number of ether oxygens (including phenoxy) is 1. The lowest BCUT2D eigenvalue weighted by Crippen LogP contribution is -2.23. The van der Waals surface area contributed by atoms with Gasteiger partial charge in [0.15, 0.2) is 0 Å². The third-order valence-electron chi connectivity index (χ3n) is 2.93. The van der Waals surface area contributed by atoms with Crippen LogP contribution >= 0.6 is 11.3 Å². The molecule has 0 aromatic carbocycles. The number of thiophene rings is 1. The summed E-state index contributed by atoms with van der Waals surface area (Å²) in [6.07, 6.45) is 3.35. The van der Waals surface area contributed by atoms with Crippen molar-refractivity contribution >= 4 is 28.2 Å². The lowest BCUT2D eigenvalue weighted by molar-refractivity contribution is -0.119. The molecule has 21 heavy (non-hydrogen) atoms. The van der Waals surface area contributed by atoms with Gasteiger partial charge in [-0.3, -0.25) is 9.48 Å². The van der Waals surface area contributed by atoms with Crippen molar-refractivity contribution in [2.45, 2.75) is 26.8 Å². The van der Waals surface area contributed by atoms with Gasteiger partial charge < -0.3 is 10.1 Å². The summed E-state index contributed by atoms with van der Waals surface area (Å²) in [4.78, 5) is 24.4. The quantitative estimate of drug-likeness (QED) is 0.862. The molecule has 0 saturated carbocycles. The zero-order valence-corrected chi connectivity index (χ0v) is 12.9. The molecule has 2 aromatic heterocycles. The minimum absolute atomic E-state index is 0.185. The first-order valence-corrected chi connectivity index (χ1v) is 7.42. The Labute approximate surface area is 126 Å². The first-order chi connectivity index (χ1) is 10.0. The van der Waals surface area contributed by atoms with Crippen LogP contribution in [-0.2, 0) is 9.53 Å². The fraction of sp³-hybridized carbons (Fsp3) is 0.357. The van der Waals surface area contributed by atoms with Gasteiger partial charge >= 0.3 is 5.97 Å². The number of nitrogens with one attached hydrogen (secondary N) is 1. The Kier molecular flexibility index (Phi) is 4.74. The zero-order chi connectivity index (χ0) is 15.4. The van der Waals surface area contributed by atoms with Crippen molar-refractivity contribution in [1.82, 2.24) is 9.78 Å². The number of hydrogen-bond acceptors (Lipinski definition) is 5. The highest BCUT2D eigenvalue weighted by Crippen LogP contribution is 2.28. The molecular weight excluding hydrogens is 290 g/mol. The van der Waals surface area contributed by atoms with Crippen LogP contribution < -0.4 is 5.32 Å². The van der Waals surface area contributed by atoms with Crippen molar-refractivity contribution in [2.24, 2.45) is 0 Å². The molecule has 112 valence electrons. The normalized spacial score (nSPS) is 12.0. The molecule has 2 aromatic rings. The number of anilines is 1. The Hall–Kier alpha value is -2.15. The van der Waals surface area contributed by atoms with Gasteiger partial charge in [0.1, 0.15) is 10.9 Å². The fourth-order valence-electron chi connectivity index (χ4n) is 1.80. The van der Waals surface area contributed by atoms with Crippen LogP contribution in [0.5, 0.6) is 0 Å². The standard InChI is InChI=1S/C14H17N3O3S/c1-4-20-14(19)12-9(2)8-11(21-12)16-13(18)10(3)17-7-5-6-15-17/h5-8,10H,4H2,1-3H3,(H,16,18). The van der Waals surface area contributed by atoms with Gasteiger partial charge in [-0.2, -0.15) is 5.10 Å². The Morgan fingerprint density at radius 3 is 2.90 bits per heavy atom. The number of carbonyl (C=O) groups excluding carboxylic acids is 2. The van der Waals surface area contributed by atoms with Crippen LogP contribution in [0.3, 0.4) is 0 Å². The summed E-state index contributed by atoms with van der Waals surface area (Å²) >= 11 is 1.21.